The van der Waals surface area contributed by atoms with Crippen LogP contribution in [-0.2, 0) is 0 Å². The van der Waals surface area contributed by atoms with Crippen molar-refractivity contribution in [3.8, 4) is 11.5 Å². The summed E-state index contributed by atoms with van der Waals surface area (Å²) < 4.78 is 11.0. The van der Waals surface area contributed by atoms with Crippen molar-refractivity contribution in [2.45, 2.75) is 12.8 Å². The number of benzene rings is 1. The molecule has 0 radical (unpaired) electrons. The molecule has 1 heterocycles. The Balaban J connectivity index is 1.98. The number of likely N-dealkylation sites (tertiary alicyclic amines) is 1. The topological polar surface area (TPSA) is 47.7 Å². The monoisotopic (exact) mass is 280 g/mol. The van der Waals surface area contributed by atoms with Crippen molar-refractivity contribution in [2.24, 2.45) is 5.73 Å². The Labute approximate surface area is 119 Å². The first kappa shape index (κ1) is 14.1. The number of methoxy groups -OCH3 is 1. The van der Waals surface area contributed by atoms with Gasteiger partial charge in [0.15, 0.2) is 0 Å². The van der Waals surface area contributed by atoms with E-state index in [-0.39, 0.29) is 0 Å². The minimum atomic E-state index is 0.346. The molecular weight excluding hydrogens is 260 g/mol. The van der Waals surface area contributed by atoms with Crippen LogP contribution in [0.3, 0.4) is 0 Å². The molecule has 0 spiro atoms. The lowest BCUT2D eigenvalue weighted by atomic mass is 10.2. The fourth-order valence-electron chi connectivity index (χ4n) is 2.24. The standard InChI is InChI=1S/C14H20N2O2S/c1-17-11-4-5-12(14(15)19)13(10-11)18-9-8-16-6-2-3-7-16/h4-5,10H,2-3,6-9H2,1H3,(H2,15,19). The van der Waals surface area contributed by atoms with Gasteiger partial charge in [-0.05, 0) is 38.1 Å². The molecule has 19 heavy (non-hydrogen) atoms. The van der Waals surface area contributed by atoms with Gasteiger partial charge >= 0.3 is 0 Å². The van der Waals surface area contributed by atoms with Gasteiger partial charge in [0.25, 0.3) is 0 Å². The van der Waals surface area contributed by atoms with E-state index in [2.05, 4.69) is 4.90 Å². The van der Waals surface area contributed by atoms with Crippen LogP contribution in [-0.4, -0.2) is 43.2 Å². The van der Waals surface area contributed by atoms with Crippen molar-refractivity contribution in [1.82, 2.24) is 4.90 Å². The molecule has 104 valence electrons. The molecule has 0 atom stereocenters. The minimum absolute atomic E-state index is 0.346. The molecule has 0 bridgehead atoms. The molecule has 1 saturated heterocycles. The average Bonchev–Trinajstić information content (AvgIpc) is 2.91. The highest BCUT2D eigenvalue weighted by molar-refractivity contribution is 7.80. The second-order valence-electron chi connectivity index (χ2n) is 4.62. The van der Waals surface area contributed by atoms with Crippen LogP contribution in [0.4, 0.5) is 0 Å². The second kappa shape index (κ2) is 6.73. The van der Waals surface area contributed by atoms with E-state index in [1.165, 1.54) is 25.9 Å². The first-order valence-electron chi connectivity index (χ1n) is 6.53. The first-order valence-corrected chi connectivity index (χ1v) is 6.94. The fraction of sp³-hybridized carbons (Fsp3) is 0.500. The number of rotatable bonds is 6. The Bertz CT molecular complexity index is 445. The van der Waals surface area contributed by atoms with Crippen LogP contribution < -0.4 is 15.2 Å². The van der Waals surface area contributed by atoms with Crippen molar-refractivity contribution in [3.05, 3.63) is 23.8 Å². The third-order valence-corrected chi connectivity index (χ3v) is 3.54. The van der Waals surface area contributed by atoms with E-state index in [1.54, 1.807) is 7.11 Å². The van der Waals surface area contributed by atoms with E-state index in [0.717, 1.165) is 17.9 Å². The lowest BCUT2D eigenvalue weighted by molar-refractivity contribution is 0.237. The highest BCUT2D eigenvalue weighted by atomic mass is 32.1. The lowest BCUT2D eigenvalue weighted by Gasteiger charge is -2.16. The molecule has 0 saturated carbocycles. The van der Waals surface area contributed by atoms with Gasteiger partial charge in [-0.3, -0.25) is 4.90 Å². The molecule has 0 amide bonds. The van der Waals surface area contributed by atoms with Crippen molar-refractivity contribution in [2.75, 3.05) is 33.4 Å². The summed E-state index contributed by atoms with van der Waals surface area (Å²) in [6.45, 7) is 3.92. The van der Waals surface area contributed by atoms with Crippen molar-refractivity contribution >= 4 is 17.2 Å². The maximum atomic E-state index is 5.81. The van der Waals surface area contributed by atoms with Crippen molar-refractivity contribution < 1.29 is 9.47 Å². The Morgan fingerprint density at radius 1 is 1.37 bits per heavy atom. The van der Waals surface area contributed by atoms with Crippen LogP contribution in [0.15, 0.2) is 18.2 Å². The molecule has 1 aliphatic rings. The summed E-state index contributed by atoms with van der Waals surface area (Å²) in [4.78, 5) is 2.75. The van der Waals surface area contributed by atoms with Crippen LogP contribution in [0, 0.1) is 0 Å². The molecule has 0 aromatic heterocycles. The molecule has 2 N–H and O–H groups in total. The predicted molar refractivity (Wildman–Crippen MR) is 80.1 cm³/mol. The van der Waals surface area contributed by atoms with Crippen LogP contribution in [0.1, 0.15) is 18.4 Å². The predicted octanol–water partition coefficient (Wildman–Crippen LogP) is 1.80. The molecule has 1 aromatic carbocycles. The van der Waals surface area contributed by atoms with Gasteiger partial charge in [0.05, 0.1) is 12.7 Å². The van der Waals surface area contributed by atoms with Crippen LogP contribution in [0.2, 0.25) is 0 Å². The van der Waals surface area contributed by atoms with Gasteiger partial charge in [0.2, 0.25) is 0 Å². The van der Waals surface area contributed by atoms with Gasteiger partial charge in [-0.2, -0.15) is 0 Å². The highest BCUT2D eigenvalue weighted by Crippen LogP contribution is 2.24. The second-order valence-corrected chi connectivity index (χ2v) is 5.06. The number of hydrogen-bond acceptors (Lipinski definition) is 4. The summed E-state index contributed by atoms with van der Waals surface area (Å²) in [6, 6.07) is 5.51. The van der Waals surface area contributed by atoms with Crippen LogP contribution >= 0.6 is 12.2 Å². The first-order chi connectivity index (χ1) is 9.20. The Morgan fingerprint density at radius 3 is 2.74 bits per heavy atom. The maximum Gasteiger partial charge on any atom is 0.133 e. The lowest BCUT2D eigenvalue weighted by Crippen LogP contribution is -2.25. The molecule has 1 aliphatic heterocycles. The highest BCUT2D eigenvalue weighted by Gasteiger charge is 2.12. The van der Waals surface area contributed by atoms with Gasteiger partial charge in [-0.25, -0.2) is 0 Å². The SMILES string of the molecule is COc1ccc(C(N)=S)c(OCCN2CCCC2)c1. The Kier molecular flexibility index (Phi) is 4.99. The number of ether oxygens (including phenoxy) is 2. The van der Waals surface area contributed by atoms with E-state index in [1.807, 2.05) is 18.2 Å². The molecule has 1 fully saturated rings. The number of nitrogens with zero attached hydrogens (tertiary/aromatic N) is 1. The van der Waals surface area contributed by atoms with Gasteiger partial charge in [0.1, 0.15) is 23.1 Å². The van der Waals surface area contributed by atoms with E-state index < -0.39 is 0 Å². The zero-order valence-corrected chi connectivity index (χ0v) is 12.0. The summed E-state index contributed by atoms with van der Waals surface area (Å²) in [6.07, 6.45) is 2.58. The molecule has 2 rings (SSSR count). The third-order valence-electron chi connectivity index (χ3n) is 3.32. The Morgan fingerprint density at radius 2 is 2.11 bits per heavy atom. The third kappa shape index (κ3) is 3.81. The summed E-state index contributed by atoms with van der Waals surface area (Å²) in [5, 5.41) is 0. The zero-order chi connectivity index (χ0) is 13.7. The Hall–Kier alpha value is -1.33. The summed E-state index contributed by atoms with van der Waals surface area (Å²) in [5.41, 5.74) is 6.46. The fourth-order valence-corrected chi connectivity index (χ4v) is 2.41. The minimum Gasteiger partial charge on any atom is -0.497 e. The average molecular weight is 280 g/mol. The van der Waals surface area contributed by atoms with Gasteiger partial charge in [-0.1, -0.05) is 12.2 Å². The number of hydrogen-bond donors (Lipinski definition) is 1. The van der Waals surface area contributed by atoms with Crippen LogP contribution in [0.25, 0.3) is 0 Å². The van der Waals surface area contributed by atoms with Crippen molar-refractivity contribution in [1.29, 1.82) is 0 Å². The van der Waals surface area contributed by atoms with E-state index in [0.29, 0.717) is 17.3 Å². The molecular formula is C14H20N2O2S. The van der Waals surface area contributed by atoms with Gasteiger partial charge in [-0.15, -0.1) is 0 Å². The summed E-state index contributed by atoms with van der Waals surface area (Å²) in [7, 11) is 1.63. The summed E-state index contributed by atoms with van der Waals surface area (Å²) in [5.74, 6) is 1.45. The van der Waals surface area contributed by atoms with Crippen molar-refractivity contribution in [3.63, 3.8) is 0 Å². The van der Waals surface area contributed by atoms with E-state index in [4.69, 9.17) is 27.4 Å². The normalized spacial score (nSPS) is 15.4. The zero-order valence-electron chi connectivity index (χ0n) is 11.2. The van der Waals surface area contributed by atoms with E-state index >= 15 is 0 Å². The largest absolute Gasteiger partial charge is 0.497 e. The van der Waals surface area contributed by atoms with Gasteiger partial charge < -0.3 is 15.2 Å². The van der Waals surface area contributed by atoms with Gasteiger partial charge in [0, 0.05) is 12.6 Å². The number of nitrogens with two attached hydrogens (primary N) is 1. The number of thiocarbonyl (C=S) groups is 1. The molecule has 1 aromatic rings. The summed E-state index contributed by atoms with van der Waals surface area (Å²) >= 11 is 5.03. The molecule has 0 aliphatic carbocycles. The molecule has 0 unspecified atom stereocenters. The quantitative estimate of drug-likeness (QED) is 0.805. The van der Waals surface area contributed by atoms with Crippen LogP contribution in [0.5, 0.6) is 11.5 Å². The maximum absolute atomic E-state index is 5.81. The molecule has 5 heteroatoms. The molecule has 4 nitrogen and oxygen atoms in total. The smallest absolute Gasteiger partial charge is 0.133 e. The van der Waals surface area contributed by atoms with E-state index in [9.17, 15) is 0 Å².